The van der Waals surface area contributed by atoms with Crippen molar-refractivity contribution in [3.8, 4) is 0 Å². The van der Waals surface area contributed by atoms with Crippen LogP contribution in [0.5, 0.6) is 0 Å². The molecule has 3 fully saturated rings. The molecule has 2 bridgehead atoms. The number of sulfonamides is 1. The number of fused-ring (bicyclic) bond motifs is 1. The zero-order valence-corrected chi connectivity index (χ0v) is 25.4. The summed E-state index contributed by atoms with van der Waals surface area (Å²) in [7, 11) is -4.06. The Morgan fingerprint density at radius 1 is 0.953 bits per heavy atom. The van der Waals surface area contributed by atoms with Gasteiger partial charge in [0, 0.05) is 11.0 Å². The second-order valence-electron chi connectivity index (χ2n) is 12.0. The minimum atomic E-state index is -4.06. The molecule has 6 nitrogen and oxygen atoms in total. The van der Waals surface area contributed by atoms with E-state index in [1.165, 1.54) is 12.1 Å². The van der Waals surface area contributed by atoms with Gasteiger partial charge >= 0.3 is 5.97 Å². The fourth-order valence-corrected chi connectivity index (χ4v) is 10.3. The topological polar surface area (TPSA) is 80.8 Å². The van der Waals surface area contributed by atoms with Gasteiger partial charge in [0.1, 0.15) is 0 Å². The number of carbonyl (C=O) groups excluding carboxylic acids is 2. The highest BCUT2D eigenvalue weighted by Crippen LogP contribution is 2.70. The Labute approximate surface area is 256 Å². The van der Waals surface area contributed by atoms with Crippen LogP contribution in [-0.4, -0.2) is 36.4 Å². The summed E-state index contributed by atoms with van der Waals surface area (Å²) < 4.78 is 75.9. The molecule has 226 valence electrons. The molecule has 6 rings (SSSR count). The maximum Gasteiger partial charge on any atom is 0.339 e. The van der Waals surface area contributed by atoms with Gasteiger partial charge in [0.25, 0.3) is 5.91 Å². The molecular formula is C31H26Cl2F3NO5S. The lowest BCUT2D eigenvalue weighted by atomic mass is 9.69. The van der Waals surface area contributed by atoms with E-state index in [1.54, 1.807) is 18.2 Å². The predicted octanol–water partition coefficient (Wildman–Crippen LogP) is 7.34. The van der Waals surface area contributed by atoms with E-state index in [4.69, 9.17) is 27.9 Å². The molecule has 0 aromatic heterocycles. The molecule has 2 aliphatic carbocycles. The molecule has 1 saturated heterocycles. The number of nitrogens with zero attached hydrogens (tertiary/aromatic N) is 1. The van der Waals surface area contributed by atoms with Crippen molar-refractivity contribution in [2.45, 2.75) is 45.3 Å². The molecule has 1 aliphatic heterocycles. The number of hydrogen-bond donors (Lipinski definition) is 0. The van der Waals surface area contributed by atoms with Crippen molar-refractivity contribution in [2.24, 2.45) is 16.7 Å². The summed E-state index contributed by atoms with van der Waals surface area (Å²) in [6.07, 6.45) is 0.618. The summed E-state index contributed by atoms with van der Waals surface area (Å²) in [6, 6.07) is 11.0. The van der Waals surface area contributed by atoms with Crippen LogP contribution in [0.3, 0.4) is 0 Å². The van der Waals surface area contributed by atoms with Gasteiger partial charge in [-0.25, -0.2) is 30.7 Å². The van der Waals surface area contributed by atoms with Gasteiger partial charge in [0.05, 0.1) is 33.0 Å². The Morgan fingerprint density at radius 2 is 1.56 bits per heavy atom. The summed E-state index contributed by atoms with van der Waals surface area (Å²) in [6.45, 7) is 4.09. The molecule has 4 atom stereocenters. The average molecular weight is 653 g/mol. The number of amides is 1. The molecule has 1 amide bonds. The minimum Gasteiger partial charge on any atom is -0.449 e. The van der Waals surface area contributed by atoms with Crippen molar-refractivity contribution in [2.75, 3.05) is 5.75 Å². The minimum absolute atomic E-state index is 0.0940. The van der Waals surface area contributed by atoms with Crippen molar-refractivity contribution in [1.82, 2.24) is 4.31 Å². The van der Waals surface area contributed by atoms with E-state index in [9.17, 15) is 31.2 Å². The van der Waals surface area contributed by atoms with E-state index in [0.717, 1.165) is 22.9 Å². The van der Waals surface area contributed by atoms with Crippen molar-refractivity contribution >= 4 is 45.1 Å². The maximum atomic E-state index is 14.2. The lowest BCUT2D eigenvalue weighted by molar-refractivity contribution is 0.0371. The van der Waals surface area contributed by atoms with Crippen LogP contribution >= 0.6 is 23.2 Å². The summed E-state index contributed by atoms with van der Waals surface area (Å²) in [5, 5.41) is -0.203. The predicted molar refractivity (Wildman–Crippen MR) is 154 cm³/mol. The molecule has 2 saturated carbocycles. The monoisotopic (exact) mass is 651 g/mol. The Balaban J connectivity index is 1.41. The largest absolute Gasteiger partial charge is 0.449 e. The van der Waals surface area contributed by atoms with Gasteiger partial charge < -0.3 is 4.74 Å². The van der Waals surface area contributed by atoms with E-state index in [-0.39, 0.29) is 43.8 Å². The van der Waals surface area contributed by atoms with Crippen molar-refractivity contribution in [3.63, 3.8) is 0 Å². The van der Waals surface area contributed by atoms with E-state index < -0.39 is 56.9 Å². The van der Waals surface area contributed by atoms with Gasteiger partial charge in [-0.3, -0.25) is 4.79 Å². The highest BCUT2D eigenvalue weighted by atomic mass is 35.5. The molecule has 3 aliphatic rings. The number of ether oxygens (including phenoxy) is 1. The summed E-state index contributed by atoms with van der Waals surface area (Å²) in [5.74, 6) is -6.68. The van der Waals surface area contributed by atoms with Crippen LogP contribution in [0.4, 0.5) is 13.2 Å². The Morgan fingerprint density at radius 3 is 2.16 bits per heavy atom. The molecule has 1 spiro atoms. The molecule has 3 aromatic rings. The number of halogens is 5. The average Bonchev–Trinajstić information content (AvgIpc) is 3.44. The molecular weight excluding hydrogens is 626 g/mol. The van der Waals surface area contributed by atoms with Crippen molar-refractivity contribution in [3.05, 3.63) is 104 Å². The van der Waals surface area contributed by atoms with Gasteiger partial charge in [0.15, 0.2) is 23.6 Å². The number of carbonyl (C=O) groups is 2. The summed E-state index contributed by atoms with van der Waals surface area (Å²) in [5.41, 5.74) is -1.56. The fourth-order valence-electron chi connectivity index (χ4n) is 7.42. The van der Waals surface area contributed by atoms with E-state index in [2.05, 4.69) is 0 Å². The summed E-state index contributed by atoms with van der Waals surface area (Å²) in [4.78, 5) is 27.9. The fraction of sp³-hybridized carbons (Fsp3) is 0.355. The molecule has 0 unspecified atom stereocenters. The van der Waals surface area contributed by atoms with Crippen molar-refractivity contribution in [1.29, 1.82) is 0 Å². The molecule has 43 heavy (non-hydrogen) atoms. The van der Waals surface area contributed by atoms with E-state index in [0.29, 0.717) is 30.5 Å². The van der Waals surface area contributed by atoms with Gasteiger partial charge in [0.2, 0.25) is 10.0 Å². The number of esters is 1. The lowest BCUT2D eigenvalue weighted by Gasteiger charge is -2.37. The normalized spacial score (nSPS) is 25.4. The smallest absolute Gasteiger partial charge is 0.339 e. The SMILES string of the molecule is CC1(C)[C@@H]2CC[C@]13CS(=O)(=O)N(C(=O)c1cc(Cl)c(Cl)cc1C(=O)O[C@@H](c1ccccc1)c1cc(F)c(F)c(F)c1)[C@@H]3C2. The quantitative estimate of drug-likeness (QED) is 0.213. The van der Waals surface area contributed by atoms with Crippen LogP contribution in [0, 0.1) is 34.2 Å². The zero-order chi connectivity index (χ0) is 31.1. The Hall–Kier alpha value is -3.08. The highest BCUT2D eigenvalue weighted by molar-refractivity contribution is 7.90. The maximum absolute atomic E-state index is 14.2. The number of rotatable bonds is 5. The van der Waals surface area contributed by atoms with E-state index in [1.807, 2.05) is 13.8 Å². The number of benzene rings is 3. The van der Waals surface area contributed by atoms with Gasteiger partial charge in [-0.05, 0) is 60.4 Å². The first kappa shape index (κ1) is 30.0. The molecule has 1 heterocycles. The van der Waals surface area contributed by atoms with Crippen LogP contribution in [-0.2, 0) is 14.8 Å². The standard InChI is InChI=1S/C31H26Cl2F3NO5S/c1-30(2)18-8-9-31(30)15-43(40,41)37(25(31)12-18)28(38)19-13-21(32)22(33)14-20(19)29(39)42-27(16-6-4-3-5-7-16)17-10-23(34)26(36)24(35)11-17/h3-7,10-11,13-14,18,25,27H,8-9,12,15H2,1-2H3/t18-,25-,27+,31-/m1/s1. The van der Waals surface area contributed by atoms with E-state index >= 15 is 0 Å². The van der Waals surface area contributed by atoms with Gasteiger partial charge in [-0.15, -0.1) is 0 Å². The van der Waals surface area contributed by atoms with Gasteiger partial charge in [-0.2, -0.15) is 0 Å². The van der Waals surface area contributed by atoms with Crippen molar-refractivity contribution < 1.29 is 35.9 Å². The van der Waals surface area contributed by atoms with Gasteiger partial charge in [-0.1, -0.05) is 67.4 Å². The first-order valence-electron chi connectivity index (χ1n) is 13.6. The zero-order valence-electron chi connectivity index (χ0n) is 23.0. The second-order valence-corrected chi connectivity index (χ2v) is 14.7. The lowest BCUT2D eigenvalue weighted by Crippen LogP contribution is -2.44. The Bertz CT molecular complexity index is 1760. The van der Waals surface area contributed by atoms with Crippen LogP contribution in [0.25, 0.3) is 0 Å². The second kappa shape index (κ2) is 10.2. The number of hydrogen-bond acceptors (Lipinski definition) is 5. The summed E-state index contributed by atoms with van der Waals surface area (Å²) >= 11 is 12.5. The van der Waals surface area contributed by atoms with Crippen LogP contribution in [0.1, 0.15) is 71.1 Å². The first-order chi connectivity index (χ1) is 20.2. The molecule has 12 heteroatoms. The van der Waals surface area contributed by atoms with Crippen LogP contribution < -0.4 is 0 Å². The third-order valence-corrected chi connectivity index (χ3v) is 12.4. The first-order valence-corrected chi connectivity index (χ1v) is 16.0. The van der Waals surface area contributed by atoms with Crippen LogP contribution in [0.2, 0.25) is 10.0 Å². The molecule has 0 radical (unpaired) electrons. The molecule has 0 N–H and O–H groups in total. The third kappa shape index (κ3) is 4.56. The van der Waals surface area contributed by atoms with Crippen LogP contribution in [0.15, 0.2) is 54.6 Å². The highest BCUT2D eigenvalue weighted by Gasteiger charge is 2.72. The molecule has 3 aromatic carbocycles. The Kier molecular flexibility index (Phi) is 7.14. The third-order valence-electron chi connectivity index (χ3n) is 9.76.